The number of aryl methyl sites for hydroxylation is 1. The first kappa shape index (κ1) is 14.7. The summed E-state index contributed by atoms with van der Waals surface area (Å²) in [6.07, 6.45) is 1.79. The van der Waals surface area contributed by atoms with Crippen molar-refractivity contribution in [2.45, 2.75) is 13.5 Å². The van der Waals surface area contributed by atoms with Crippen LogP contribution in [0.15, 0.2) is 48.7 Å². The summed E-state index contributed by atoms with van der Waals surface area (Å²) in [5, 5.41) is 13.0. The number of fused-ring (bicyclic) bond motifs is 1. The Morgan fingerprint density at radius 2 is 1.83 bits per heavy atom. The molecule has 1 aromatic carbocycles. The Labute approximate surface area is 132 Å². The van der Waals surface area contributed by atoms with E-state index < -0.39 is 11.8 Å². The molecule has 0 spiro atoms. The molecule has 0 saturated carbocycles. The molecule has 0 saturated heterocycles. The van der Waals surface area contributed by atoms with E-state index in [4.69, 9.17) is 0 Å². The number of nitrogens with one attached hydrogen (secondary N) is 2. The van der Waals surface area contributed by atoms with Crippen LogP contribution in [-0.2, 0) is 16.1 Å². The molecule has 3 aromatic rings. The van der Waals surface area contributed by atoms with Gasteiger partial charge in [0.05, 0.1) is 6.54 Å². The number of rotatable bonds is 3. The number of carbonyl (C=O) groups excluding carboxylic acids is 2. The molecule has 23 heavy (non-hydrogen) atoms. The Morgan fingerprint density at radius 1 is 1.04 bits per heavy atom. The third-order valence-corrected chi connectivity index (χ3v) is 3.31. The van der Waals surface area contributed by atoms with Gasteiger partial charge in [-0.25, -0.2) is 0 Å². The van der Waals surface area contributed by atoms with Gasteiger partial charge in [-0.05, 0) is 31.2 Å². The smallest absolute Gasteiger partial charge is 0.313 e. The van der Waals surface area contributed by atoms with Crippen LogP contribution in [0.4, 0.5) is 5.69 Å². The Balaban J connectivity index is 1.60. The predicted molar refractivity (Wildman–Crippen MR) is 84.6 cm³/mol. The van der Waals surface area contributed by atoms with E-state index in [0.29, 0.717) is 17.2 Å². The fourth-order valence-electron chi connectivity index (χ4n) is 2.08. The standard InChI is InChI=1S/C16H15N5O2/c1-11-5-7-12(8-6-11)18-16(23)15(22)17-10-14-20-19-13-4-2-3-9-21(13)14/h2-9H,10H2,1H3,(H,17,22)(H,18,23). The van der Waals surface area contributed by atoms with Gasteiger partial charge in [0.2, 0.25) is 0 Å². The molecule has 0 aliphatic heterocycles. The summed E-state index contributed by atoms with van der Waals surface area (Å²) >= 11 is 0. The normalized spacial score (nSPS) is 10.5. The lowest BCUT2D eigenvalue weighted by Gasteiger charge is -2.06. The monoisotopic (exact) mass is 309 g/mol. The van der Waals surface area contributed by atoms with Gasteiger partial charge in [-0.15, -0.1) is 10.2 Å². The minimum absolute atomic E-state index is 0.116. The van der Waals surface area contributed by atoms with Crippen LogP contribution in [0.1, 0.15) is 11.4 Å². The number of nitrogens with zero attached hydrogens (tertiary/aromatic N) is 3. The maximum Gasteiger partial charge on any atom is 0.313 e. The maximum absolute atomic E-state index is 11.9. The summed E-state index contributed by atoms with van der Waals surface area (Å²) < 4.78 is 1.75. The van der Waals surface area contributed by atoms with E-state index in [9.17, 15) is 9.59 Å². The van der Waals surface area contributed by atoms with Gasteiger partial charge in [0.25, 0.3) is 0 Å². The molecule has 3 rings (SSSR count). The van der Waals surface area contributed by atoms with E-state index >= 15 is 0 Å². The average molecular weight is 309 g/mol. The second-order valence-electron chi connectivity index (χ2n) is 5.05. The van der Waals surface area contributed by atoms with Crippen molar-refractivity contribution in [2.75, 3.05) is 5.32 Å². The summed E-state index contributed by atoms with van der Waals surface area (Å²) in [7, 11) is 0. The Morgan fingerprint density at radius 3 is 2.61 bits per heavy atom. The van der Waals surface area contributed by atoms with Crippen molar-refractivity contribution in [2.24, 2.45) is 0 Å². The fraction of sp³-hybridized carbons (Fsp3) is 0.125. The zero-order chi connectivity index (χ0) is 16.2. The van der Waals surface area contributed by atoms with Crippen molar-refractivity contribution in [1.82, 2.24) is 19.9 Å². The first-order chi connectivity index (χ1) is 11.1. The van der Waals surface area contributed by atoms with Crippen LogP contribution < -0.4 is 10.6 Å². The van der Waals surface area contributed by atoms with Crippen LogP contribution >= 0.6 is 0 Å². The largest absolute Gasteiger partial charge is 0.341 e. The SMILES string of the molecule is Cc1ccc(NC(=O)C(=O)NCc2nnc3ccccn23)cc1. The lowest BCUT2D eigenvalue weighted by atomic mass is 10.2. The average Bonchev–Trinajstić information content (AvgIpc) is 2.98. The van der Waals surface area contributed by atoms with Crippen molar-refractivity contribution < 1.29 is 9.59 Å². The van der Waals surface area contributed by atoms with E-state index in [1.807, 2.05) is 37.3 Å². The number of aromatic nitrogens is 3. The van der Waals surface area contributed by atoms with Crippen molar-refractivity contribution in [3.05, 3.63) is 60.0 Å². The van der Waals surface area contributed by atoms with Gasteiger partial charge in [0.1, 0.15) is 0 Å². The van der Waals surface area contributed by atoms with E-state index in [-0.39, 0.29) is 6.54 Å². The number of hydrogen-bond donors (Lipinski definition) is 2. The number of benzene rings is 1. The maximum atomic E-state index is 11.9. The molecule has 2 aromatic heterocycles. The summed E-state index contributed by atoms with van der Waals surface area (Å²) in [5.74, 6) is -0.891. The third kappa shape index (κ3) is 3.34. The van der Waals surface area contributed by atoms with Gasteiger partial charge in [-0.3, -0.25) is 14.0 Å². The molecule has 2 heterocycles. The third-order valence-electron chi connectivity index (χ3n) is 3.31. The molecule has 0 aliphatic rings. The Bertz CT molecular complexity index is 854. The molecular formula is C16H15N5O2. The summed E-state index contributed by atoms with van der Waals surface area (Å²) in [4.78, 5) is 23.7. The molecular weight excluding hydrogens is 294 g/mol. The Kier molecular flexibility index (Phi) is 4.01. The fourth-order valence-corrected chi connectivity index (χ4v) is 2.08. The van der Waals surface area contributed by atoms with Crippen molar-refractivity contribution in [3.8, 4) is 0 Å². The second-order valence-corrected chi connectivity index (χ2v) is 5.05. The summed E-state index contributed by atoms with van der Waals surface area (Å²) in [6.45, 7) is 2.06. The molecule has 0 bridgehead atoms. The zero-order valence-corrected chi connectivity index (χ0v) is 12.5. The molecule has 0 fully saturated rings. The molecule has 0 atom stereocenters. The number of anilines is 1. The minimum atomic E-state index is -0.724. The molecule has 7 heteroatoms. The minimum Gasteiger partial charge on any atom is -0.341 e. The first-order valence-corrected chi connectivity index (χ1v) is 7.08. The zero-order valence-electron chi connectivity index (χ0n) is 12.5. The van der Waals surface area contributed by atoms with Gasteiger partial charge in [0.15, 0.2) is 11.5 Å². The topological polar surface area (TPSA) is 88.4 Å². The molecule has 0 unspecified atom stereocenters. The number of carbonyl (C=O) groups is 2. The van der Waals surface area contributed by atoms with Gasteiger partial charge >= 0.3 is 11.8 Å². The van der Waals surface area contributed by atoms with Crippen LogP contribution in [-0.4, -0.2) is 26.4 Å². The van der Waals surface area contributed by atoms with Crippen LogP contribution in [0.25, 0.3) is 5.65 Å². The highest BCUT2D eigenvalue weighted by Crippen LogP contribution is 2.08. The summed E-state index contributed by atoms with van der Waals surface area (Å²) in [6, 6.07) is 12.7. The van der Waals surface area contributed by atoms with Crippen LogP contribution in [0.5, 0.6) is 0 Å². The molecule has 0 aliphatic carbocycles. The number of pyridine rings is 1. The molecule has 2 amide bonds. The number of hydrogen-bond acceptors (Lipinski definition) is 4. The van der Waals surface area contributed by atoms with Crippen molar-refractivity contribution in [1.29, 1.82) is 0 Å². The van der Waals surface area contributed by atoms with E-state index in [2.05, 4.69) is 20.8 Å². The van der Waals surface area contributed by atoms with Crippen LogP contribution in [0.3, 0.4) is 0 Å². The molecule has 7 nitrogen and oxygen atoms in total. The van der Waals surface area contributed by atoms with E-state index in [1.165, 1.54) is 0 Å². The Hall–Kier alpha value is -3.22. The molecule has 0 radical (unpaired) electrons. The van der Waals surface area contributed by atoms with Crippen molar-refractivity contribution >= 4 is 23.1 Å². The molecule has 116 valence electrons. The van der Waals surface area contributed by atoms with Crippen molar-refractivity contribution in [3.63, 3.8) is 0 Å². The predicted octanol–water partition coefficient (Wildman–Crippen LogP) is 1.29. The molecule has 2 N–H and O–H groups in total. The van der Waals surface area contributed by atoms with Crippen LogP contribution in [0.2, 0.25) is 0 Å². The quantitative estimate of drug-likeness (QED) is 0.714. The van der Waals surface area contributed by atoms with Gasteiger partial charge in [0, 0.05) is 11.9 Å². The second kappa shape index (κ2) is 6.27. The van der Waals surface area contributed by atoms with E-state index in [1.54, 1.807) is 22.7 Å². The van der Waals surface area contributed by atoms with E-state index in [0.717, 1.165) is 5.56 Å². The van der Waals surface area contributed by atoms with Gasteiger partial charge in [-0.2, -0.15) is 0 Å². The first-order valence-electron chi connectivity index (χ1n) is 7.08. The number of amides is 2. The highest BCUT2D eigenvalue weighted by molar-refractivity contribution is 6.39. The van der Waals surface area contributed by atoms with Gasteiger partial charge < -0.3 is 10.6 Å². The lowest BCUT2D eigenvalue weighted by molar-refractivity contribution is -0.136. The summed E-state index contributed by atoms with van der Waals surface area (Å²) in [5.41, 5.74) is 2.33. The highest BCUT2D eigenvalue weighted by Gasteiger charge is 2.14. The van der Waals surface area contributed by atoms with Gasteiger partial charge in [-0.1, -0.05) is 23.8 Å². The highest BCUT2D eigenvalue weighted by atomic mass is 16.2. The van der Waals surface area contributed by atoms with Crippen LogP contribution in [0, 0.1) is 6.92 Å². The lowest BCUT2D eigenvalue weighted by Crippen LogP contribution is -2.35.